The first-order valence-corrected chi connectivity index (χ1v) is 8.88. The minimum absolute atomic E-state index is 0.187. The number of ether oxygens (including phenoxy) is 1. The second-order valence-electron chi connectivity index (χ2n) is 6.40. The van der Waals surface area contributed by atoms with Crippen molar-refractivity contribution in [3.8, 4) is 5.75 Å². The van der Waals surface area contributed by atoms with Gasteiger partial charge < -0.3 is 14.6 Å². The van der Waals surface area contributed by atoms with Crippen LogP contribution in [0.4, 0.5) is 4.79 Å². The molecule has 0 saturated carbocycles. The Hall–Kier alpha value is -3.03. The van der Waals surface area contributed by atoms with Gasteiger partial charge in [0.15, 0.2) is 5.78 Å². The van der Waals surface area contributed by atoms with Gasteiger partial charge in [-0.3, -0.25) is 10.0 Å². The minimum atomic E-state index is -0.651. The quantitative estimate of drug-likeness (QED) is 0.343. The number of urea groups is 1. The normalized spacial score (nSPS) is 10.8. The second-order valence-corrected chi connectivity index (χ2v) is 6.84. The maximum Gasteiger partial charge on any atom is 0.341 e. The number of carbonyl (C=O) groups excluding carboxylic acids is 2. The third kappa shape index (κ3) is 3.54. The molecule has 2 aromatic carbocycles. The molecule has 7 nitrogen and oxygen atoms in total. The molecule has 3 rings (SSSR count). The summed E-state index contributed by atoms with van der Waals surface area (Å²) < 4.78 is 5.46. The number of H-pyrrole nitrogens is 1. The Labute approximate surface area is 166 Å². The number of aromatic amines is 1. The fraction of sp³-hybridized carbons (Fsp3) is 0.200. The summed E-state index contributed by atoms with van der Waals surface area (Å²) in [6, 6.07) is 9.54. The molecule has 0 fully saturated rings. The van der Waals surface area contributed by atoms with E-state index in [-0.39, 0.29) is 12.3 Å². The van der Waals surface area contributed by atoms with Crippen LogP contribution in [0, 0.1) is 6.92 Å². The number of methoxy groups -OCH3 is 1. The molecule has 0 atom stereocenters. The van der Waals surface area contributed by atoms with Crippen molar-refractivity contribution in [2.24, 2.45) is 0 Å². The Bertz CT molecular complexity index is 1040. The van der Waals surface area contributed by atoms with E-state index in [9.17, 15) is 9.59 Å². The van der Waals surface area contributed by atoms with Crippen LogP contribution in [-0.4, -0.2) is 41.1 Å². The highest BCUT2D eigenvalue weighted by Gasteiger charge is 2.24. The standard InChI is InChI=1S/C20H20ClN3O4/c1-11-14(10-24(2)20(26)23-27)17-15(22-11)8-9-16(28-3)18(17)19(25)12-4-6-13(21)7-5-12/h4-9,22,27H,10H2,1-3H3,(H,23,26). The molecule has 0 aliphatic heterocycles. The van der Waals surface area contributed by atoms with Crippen LogP contribution in [0.15, 0.2) is 36.4 Å². The third-order valence-electron chi connectivity index (χ3n) is 4.63. The summed E-state index contributed by atoms with van der Waals surface area (Å²) >= 11 is 5.94. The Morgan fingerprint density at radius 2 is 1.89 bits per heavy atom. The molecule has 0 unspecified atom stereocenters. The number of nitrogens with zero attached hydrogens (tertiary/aromatic N) is 1. The summed E-state index contributed by atoms with van der Waals surface area (Å²) in [6.07, 6.45) is 0. The van der Waals surface area contributed by atoms with E-state index in [2.05, 4.69) is 4.98 Å². The molecule has 1 heterocycles. The van der Waals surface area contributed by atoms with Crippen LogP contribution in [-0.2, 0) is 6.54 Å². The lowest BCUT2D eigenvalue weighted by Gasteiger charge is -2.17. The number of amides is 2. The van der Waals surface area contributed by atoms with Crippen molar-refractivity contribution >= 4 is 34.3 Å². The van der Waals surface area contributed by atoms with Gasteiger partial charge in [-0.05, 0) is 43.3 Å². The van der Waals surface area contributed by atoms with Crippen molar-refractivity contribution in [3.63, 3.8) is 0 Å². The van der Waals surface area contributed by atoms with Crippen LogP contribution in [0.3, 0.4) is 0 Å². The first-order valence-electron chi connectivity index (χ1n) is 8.51. The molecule has 0 aliphatic rings. The average molecular weight is 402 g/mol. The predicted molar refractivity (Wildman–Crippen MR) is 106 cm³/mol. The largest absolute Gasteiger partial charge is 0.496 e. The Morgan fingerprint density at radius 1 is 1.21 bits per heavy atom. The molecule has 0 spiro atoms. The minimum Gasteiger partial charge on any atom is -0.496 e. The van der Waals surface area contributed by atoms with Gasteiger partial charge >= 0.3 is 6.03 Å². The van der Waals surface area contributed by atoms with Crippen molar-refractivity contribution in [1.82, 2.24) is 15.4 Å². The van der Waals surface area contributed by atoms with E-state index < -0.39 is 6.03 Å². The number of ketones is 1. The Balaban J connectivity index is 2.21. The predicted octanol–water partition coefficient (Wildman–Crippen LogP) is 3.90. The first-order chi connectivity index (χ1) is 13.4. The lowest BCUT2D eigenvalue weighted by molar-refractivity contribution is 0.103. The van der Waals surface area contributed by atoms with Gasteiger partial charge in [-0.2, -0.15) is 0 Å². The molecule has 0 bridgehead atoms. The monoisotopic (exact) mass is 401 g/mol. The summed E-state index contributed by atoms with van der Waals surface area (Å²) in [7, 11) is 3.05. The smallest absolute Gasteiger partial charge is 0.341 e. The fourth-order valence-corrected chi connectivity index (χ4v) is 3.33. The Morgan fingerprint density at radius 3 is 2.50 bits per heavy atom. The van der Waals surface area contributed by atoms with E-state index in [0.717, 1.165) is 16.8 Å². The van der Waals surface area contributed by atoms with Gasteiger partial charge in [-0.15, -0.1) is 0 Å². The number of rotatable bonds is 5. The number of benzene rings is 2. The number of aryl methyl sites for hydroxylation is 1. The zero-order valence-corrected chi connectivity index (χ0v) is 16.4. The van der Waals surface area contributed by atoms with Crippen LogP contribution >= 0.6 is 11.6 Å². The van der Waals surface area contributed by atoms with E-state index in [1.807, 2.05) is 13.0 Å². The van der Waals surface area contributed by atoms with Gasteiger partial charge in [-0.25, -0.2) is 10.3 Å². The maximum absolute atomic E-state index is 13.3. The number of halogens is 1. The maximum atomic E-state index is 13.3. The van der Waals surface area contributed by atoms with Crippen molar-refractivity contribution < 1.29 is 19.5 Å². The SMILES string of the molecule is COc1ccc2[nH]c(C)c(CN(C)C(=O)NO)c2c1C(=O)c1ccc(Cl)cc1. The first kappa shape index (κ1) is 19.7. The molecule has 146 valence electrons. The molecule has 0 saturated heterocycles. The number of hydrogen-bond acceptors (Lipinski definition) is 4. The van der Waals surface area contributed by atoms with Crippen molar-refractivity contribution in [2.75, 3.05) is 14.2 Å². The highest BCUT2D eigenvalue weighted by Crippen LogP contribution is 2.34. The van der Waals surface area contributed by atoms with E-state index in [0.29, 0.717) is 27.3 Å². The van der Waals surface area contributed by atoms with Gasteiger partial charge in [0, 0.05) is 46.3 Å². The van der Waals surface area contributed by atoms with Crippen LogP contribution in [0.2, 0.25) is 5.02 Å². The number of hydroxylamine groups is 1. The van der Waals surface area contributed by atoms with Gasteiger partial charge in [0.2, 0.25) is 0 Å². The van der Waals surface area contributed by atoms with Gasteiger partial charge in [0.05, 0.1) is 12.7 Å². The van der Waals surface area contributed by atoms with E-state index in [4.69, 9.17) is 21.5 Å². The van der Waals surface area contributed by atoms with Crippen LogP contribution < -0.4 is 10.2 Å². The van der Waals surface area contributed by atoms with Gasteiger partial charge in [-0.1, -0.05) is 11.6 Å². The summed E-state index contributed by atoms with van der Waals surface area (Å²) in [6.45, 7) is 2.05. The lowest BCUT2D eigenvalue weighted by Crippen LogP contribution is -2.34. The van der Waals surface area contributed by atoms with E-state index >= 15 is 0 Å². The number of hydrogen-bond donors (Lipinski definition) is 3. The van der Waals surface area contributed by atoms with E-state index in [1.165, 1.54) is 12.0 Å². The molecular formula is C20H20ClN3O4. The van der Waals surface area contributed by atoms with Crippen LogP contribution in [0.1, 0.15) is 27.2 Å². The number of nitrogens with one attached hydrogen (secondary N) is 2. The molecule has 3 aromatic rings. The molecule has 0 radical (unpaired) electrons. The highest BCUT2D eigenvalue weighted by atomic mass is 35.5. The molecule has 8 heteroatoms. The molecular weight excluding hydrogens is 382 g/mol. The van der Waals surface area contributed by atoms with Crippen molar-refractivity contribution in [1.29, 1.82) is 0 Å². The summed E-state index contributed by atoms with van der Waals surface area (Å²) in [4.78, 5) is 29.6. The zero-order valence-electron chi connectivity index (χ0n) is 15.7. The van der Waals surface area contributed by atoms with Crippen molar-refractivity contribution in [2.45, 2.75) is 13.5 Å². The summed E-state index contributed by atoms with van der Waals surface area (Å²) in [5.74, 6) is 0.218. The molecule has 0 aliphatic carbocycles. The van der Waals surface area contributed by atoms with Crippen LogP contribution in [0.25, 0.3) is 10.9 Å². The summed E-state index contributed by atoms with van der Waals surface area (Å²) in [5, 5.41) is 10.1. The Kier molecular flexibility index (Phi) is 5.58. The average Bonchev–Trinajstić information content (AvgIpc) is 3.01. The second kappa shape index (κ2) is 7.92. The number of fused-ring (bicyclic) bond motifs is 1. The zero-order chi connectivity index (χ0) is 20.4. The van der Waals surface area contributed by atoms with Crippen molar-refractivity contribution in [3.05, 3.63) is 63.8 Å². The van der Waals surface area contributed by atoms with Crippen LogP contribution in [0.5, 0.6) is 5.75 Å². The highest BCUT2D eigenvalue weighted by molar-refractivity contribution is 6.30. The molecule has 3 N–H and O–H groups in total. The topological polar surface area (TPSA) is 94.7 Å². The van der Waals surface area contributed by atoms with Gasteiger partial charge in [0.25, 0.3) is 0 Å². The fourth-order valence-electron chi connectivity index (χ4n) is 3.20. The molecule has 2 amide bonds. The summed E-state index contributed by atoms with van der Waals surface area (Å²) in [5.41, 5.74) is 4.81. The lowest BCUT2D eigenvalue weighted by atomic mass is 9.96. The molecule has 28 heavy (non-hydrogen) atoms. The number of aromatic nitrogens is 1. The third-order valence-corrected chi connectivity index (χ3v) is 4.89. The van der Waals surface area contributed by atoms with E-state index in [1.54, 1.807) is 42.9 Å². The van der Waals surface area contributed by atoms with Gasteiger partial charge in [0.1, 0.15) is 5.75 Å². The molecule has 1 aromatic heterocycles. The number of carbonyl (C=O) groups is 2.